The maximum Gasteiger partial charge on any atom is -0.0324 e. The lowest BCUT2D eigenvalue weighted by molar-refractivity contribution is 0.212. The first-order chi connectivity index (χ1) is 6.20. The summed E-state index contributed by atoms with van der Waals surface area (Å²) in [7, 11) is 0. The molecule has 7 unspecified atom stereocenters. The van der Waals surface area contributed by atoms with Gasteiger partial charge < -0.3 is 0 Å². The first-order valence-electron chi connectivity index (χ1n) is 6.20. The van der Waals surface area contributed by atoms with E-state index in [9.17, 15) is 0 Å². The molecule has 0 saturated heterocycles. The van der Waals surface area contributed by atoms with Gasteiger partial charge in [0.25, 0.3) is 0 Å². The highest BCUT2D eigenvalue weighted by molar-refractivity contribution is 5.06. The normalized spacial score (nSPS) is 64.4. The molecule has 3 saturated carbocycles. The predicted molar refractivity (Wildman–Crippen MR) is 55.3 cm³/mol. The van der Waals surface area contributed by atoms with Gasteiger partial charge in [-0.1, -0.05) is 20.8 Å². The molecular formula is C13H22. The highest BCUT2D eigenvalue weighted by Crippen LogP contribution is 2.64. The average Bonchev–Trinajstić information content (AvgIpc) is 2.67. The smallest absolute Gasteiger partial charge is 0.0324 e. The Labute approximate surface area is 82.1 Å². The van der Waals surface area contributed by atoms with Crippen LogP contribution in [0.15, 0.2) is 0 Å². The van der Waals surface area contributed by atoms with Crippen LogP contribution >= 0.6 is 0 Å². The fourth-order valence-corrected chi connectivity index (χ4v) is 5.11. The van der Waals surface area contributed by atoms with Gasteiger partial charge in [-0.15, -0.1) is 0 Å². The Balaban J connectivity index is 1.92. The van der Waals surface area contributed by atoms with Crippen molar-refractivity contribution in [3.05, 3.63) is 0 Å². The van der Waals surface area contributed by atoms with E-state index in [1.54, 1.807) is 19.3 Å². The van der Waals surface area contributed by atoms with Crippen LogP contribution in [0.2, 0.25) is 0 Å². The molecule has 3 rings (SSSR count). The van der Waals surface area contributed by atoms with Gasteiger partial charge in [0.15, 0.2) is 0 Å². The number of rotatable bonds is 0. The van der Waals surface area contributed by atoms with Crippen LogP contribution in [0.4, 0.5) is 0 Å². The van der Waals surface area contributed by atoms with Crippen LogP contribution in [-0.2, 0) is 0 Å². The van der Waals surface area contributed by atoms with Crippen molar-refractivity contribution in [1.82, 2.24) is 0 Å². The molecule has 0 heterocycles. The molecule has 0 radical (unpaired) electrons. The molecule has 0 aromatic heterocycles. The Hall–Kier alpha value is 0. The molecule has 7 atom stereocenters. The van der Waals surface area contributed by atoms with E-state index in [0.29, 0.717) is 0 Å². The third-order valence-corrected chi connectivity index (χ3v) is 5.87. The molecule has 0 heteroatoms. The molecule has 0 aromatic carbocycles. The summed E-state index contributed by atoms with van der Waals surface area (Å²) in [6.45, 7) is 7.52. The van der Waals surface area contributed by atoms with Gasteiger partial charge in [0.2, 0.25) is 0 Å². The minimum Gasteiger partial charge on any atom is -0.0622 e. The zero-order valence-corrected chi connectivity index (χ0v) is 9.16. The molecule has 3 aliphatic rings. The lowest BCUT2D eigenvalue weighted by Gasteiger charge is -2.27. The second-order valence-corrected chi connectivity index (χ2v) is 6.08. The highest BCUT2D eigenvalue weighted by atomic mass is 14.6. The summed E-state index contributed by atoms with van der Waals surface area (Å²) in [5, 5.41) is 0. The van der Waals surface area contributed by atoms with Gasteiger partial charge in [-0.05, 0) is 60.7 Å². The summed E-state index contributed by atoms with van der Waals surface area (Å²) >= 11 is 0. The standard InChI is InChI=1S/C13H22/c1-7-6-12-10-4-5-11(9(10)3)13(12)8(7)2/h7-13H,4-6H2,1-3H3. The van der Waals surface area contributed by atoms with Crippen molar-refractivity contribution in [2.24, 2.45) is 41.4 Å². The fourth-order valence-electron chi connectivity index (χ4n) is 5.11. The third kappa shape index (κ3) is 0.877. The molecule has 0 nitrogen and oxygen atoms in total. The fraction of sp³-hybridized carbons (Fsp3) is 1.00. The molecule has 2 bridgehead atoms. The van der Waals surface area contributed by atoms with E-state index in [2.05, 4.69) is 20.8 Å². The van der Waals surface area contributed by atoms with Gasteiger partial charge in [-0.3, -0.25) is 0 Å². The summed E-state index contributed by atoms with van der Waals surface area (Å²) in [5.74, 6) is 7.64. The molecule has 13 heavy (non-hydrogen) atoms. The number of hydrogen-bond acceptors (Lipinski definition) is 0. The van der Waals surface area contributed by atoms with Crippen LogP contribution < -0.4 is 0 Å². The first-order valence-corrected chi connectivity index (χ1v) is 6.20. The lowest BCUT2D eigenvalue weighted by atomic mass is 9.78. The van der Waals surface area contributed by atoms with E-state index in [1.165, 1.54) is 0 Å². The number of fused-ring (bicyclic) bond motifs is 5. The summed E-state index contributed by atoms with van der Waals surface area (Å²) in [6, 6.07) is 0. The first kappa shape index (κ1) is 8.32. The van der Waals surface area contributed by atoms with Crippen molar-refractivity contribution in [3.63, 3.8) is 0 Å². The SMILES string of the molecule is CC1CC2C3CCC(C3C)C2C1C. The Bertz CT molecular complexity index is 220. The largest absolute Gasteiger partial charge is 0.0622 e. The second-order valence-electron chi connectivity index (χ2n) is 6.08. The predicted octanol–water partition coefficient (Wildman–Crippen LogP) is 3.57. The van der Waals surface area contributed by atoms with Gasteiger partial charge in [0.05, 0.1) is 0 Å². The summed E-state index contributed by atoms with van der Waals surface area (Å²) in [4.78, 5) is 0. The Morgan fingerprint density at radius 1 is 0.769 bits per heavy atom. The van der Waals surface area contributed by atoms with Gasteiger partial charge in [-0.25, -0.2) is 0 Å². The summed E-state index contributed by atoms with van der Waals surface area (Å²) < 4.78 is 0. The van der Waals surface area contributed by atoms with Crippen molar-refractivity contribution >= 4 is 0 Å². The van der Waals surface area contributed by atoms with Gasteiger partial charge in [0.1, 0.15) is 0 Å². The maximum atomic E-state index is 2.53. The average molecular weight is 178 g/mol. The maximum absolute atomic E-state index is 2.53. The summed E-state index contributed by atoms with van der Waals surface area (Å²) in [5.41, 5.74) is 0. The molecule has 74 valence electrons. The van der Waals surface area contributed by atoms with E-state index in [0.717, 1.165) is 41.4 Å². The molecule has 0 aromatic rings. The molecule has 0 amide bonds. The van der Waals surface area contributed by atoms with Crippen LogP contribution in [0.25, 0.3) is 0 Å². The van der Waals surface area contributed by atoms with Gasteiger partial charge in [-0.2, -0.15) is 0 Å². The molecule has 0 N–H and O–H groups in total. The van der Waals surface area contributed by atoms with Crippen molar-refractivity contribution in [1.29, 1.82) is 0 Å². The number of hydrogen-bond donors (Lipinski definition) is 0. The zero-order valence-electron chi connectivity index (χ0n) is 9.16. The van der Waals surface area contributed by atoms with Crippen molar-refractivity contribution in [2.75, 3.05) is 0 Å². The topological polar surface area (TPSA) is 0 Å². The highest BCUT2D eigenvalue weighted by Gasteiger charge is 2.57. The van der Waals surface area contributed by atoms with Crippen molar-refractivity contribution in [2.45, 2.75) is 40.0 Å². The van der Waals surface area contributed by atoms with Crippen LogP contribution in [0.5, 0.6) is 0 Å². The Kier molecular flexibility index (Phi) is 1.61. The van der Waals surface area contributed by atoms with Crippen LogP contribution in [0.3, 0.4) is 0 Å². The minimum absolute atomic E-state index is 1.02. The van der Waals surface area contributed by atoms with Gasteiger partial charge in [0, 0.05) is 0 Å². The second kappa shape index (κ2) is 2.52. The van der Waals surface area contributed by atoms with E-state index in [-0.39, 0.29) is 0 Å². The lowest BCUT2D eigenvalue weighted by Crippen LogP contribution is -2.21. The zero-order chi connectivity index (χ0) is 9.16. The minimum atomic E-state index is 1.02. The van der Waals surface area contributed by atoms with E-state index in [4.69, 9.17) is 0 Å². The van der Waals surface area contributed by atoms with Gasteiger partial charge >= 0.3 is 0 Å². The molecule has 0 aliphatic heterocycles. The quantitative estimate of drug-likeness (QED) is 0.532. The Morgan fingerprint density at radius 2 is 1.46 bits per heavy atom. The van der Waals surface area contributed by atoms with Crippen LogP contribution in [0.1, 0.15) is 40.0 Å². The summed E-state index contributed by atoms with van der Waals surface area (Å²) in [6.07, 6.45) is 4.67. The van der Waals surface area contributed by atoms with E-state index < -0.39 is 0 Å². The van der Waals surface area contributed by atoms with E-state index >= 15 is 0 Å². The van der Waals surface area contributed by atoms with Crippen molar-refractivity contribution in [3.8, 4) is 0 Å². The molecular weight excluding hydrogens is 156 g/mol. The molecule has 3 fully saturated rings. The Morgan fingerprint density at radius 3 is 2.15 bits per heavy atom. The monoisotopic (exact) mass is 178 g/mol. The third-order valence-electron chi connectivity index (χ3n) is 5.87. The van der Waals surface area contributed by atoms with E-state index in [1.807, 2.05) is 0 Å². The van der Waals surface area contributed by atoms with Crippen LogP contribution in [-0.4, -0.2) is 0 Å². The van der Waals surface area contributed by atoms with Crippen molar-refractivity contribution < 1.29 is 0 Å². The van der Waals surface area contributed by atoms with Crippen LogP contribution in [0, 0.1) is 41.4 Å². The molecule has 3 aliphatic carbocycles. The molecule has 0 spiro atoms.